The fraction of sp³-hybridized carbons (Fsp3) is 0.933. The highest BCUT2D eigenvalue weighted by atomic mass is 16.5. The van der Waals surface area contributed by atoms with E-state index in [2.05, 4.69) is 53.0 Å². The molecule has 0 amide bonds. The van der Waals surface area contributed by atoms with E-state index in [1.165, 1.54) is 6.42 Å². The molecular weight excluding hydrogens is 280 g/mol. The number of aromatic nitrogens is 4. The molecule has 0 aliphatic carbocycles. The third-order valence-electron chi connectivity index (χ3n) is 4.76. The number of tetrazole rings is 1. The molecule has 0 radical (unpaired) electrons. The predicted octanol–water partition coefficient (Wildman–Crippen LogP) is 0.723. The lowest BCUT2D eigenvalue weighted by molar-refractivity contribution is 0.0182. The molecule has 3 heterocycles. The fourth-order valence-corrected chi connectivity index (χ4v) is 3.50. The Bertz CT molecular complexity index is 490. The van der Waals surface area contributed by atoms with Crippen LogP contribution in [0.2, 0.25) is 0 Å². The number of ether oxygens (including phenoxy) is 1. The standard InChI is InChI=1S/C15H28N6O/c1-12-9-13(19-5-7-22-8-6-19)10-20(12)11-14-16-17-18-21(14)15(2,3)4/h12-13H,5-11H2,1-4H3. The zero-order valence-corrected chi connectivity index (χ0v) is 14.2. The van der Waals surface area contributed by atoms with E-state index in [1.807, 2.05) is 4.68 Å². The van der Waals surface area contributed by atoms with Crippen LogP contribution in [0.15, 0.2) is 0 Å². The van der Waals surface area contributed by atoms with Crippen molar-refractivity contribution < 1.29 is 4.74 Å². The van der Waals surface area contributed by atoms with Gasteiger partial charge in [-0.25, -0.2) is 4.68 Å². The summed E-state index contributed by atoms with van der Waals surface area (Å²) < 4.78 is 7.41. The van der Waals surface area contributed by atoms with Crippen LogP contribution >= 0.6 is 0 Å². The first-order valence-electron chi connectivity index (χ1n) is 8.29. The summed E-state index contributed by atoms with van der Waals surface area (Å²) in [6.07, 6.45) is 1.22. The molecule has 3 rings (SSSR count). The Labute approximate surface area is 132 Å². The van der Waals surface area contributed by atoms with Crippen molar-refractivity contribution in [3.8, 4) is 0 Å². The summed E-state index contributed by atoms with van der Waals surface area (Å²) in [5, 5.41) is 12.3. The maximum atomic E-state index is 5.47. The number of morpholine rings is 1. The summed E-state index contributed by atoms with van der Waals surface area (Å²) in [5.74, 6) is 0.960. The molecule has 7 heteroatoms. The molecule has 0 spiro atoms. The van der Waals surface area contributed by atoms with Gasteiger partial charge >= 0.3 is 0 Å². The van der Waals surface area contributed by atoms with Crippen molar-refractivity contribution in [2.24, 2.45) is 0 Å². The largest absolute Gasteiger partial charge is 0.379 e. The van der Waals surface area contributed by atoms with E-state index in [9.17, 15) is 0 Å². The van der Waals surface area contributed by atoms with Crippen molar-refractivity contribution in [3.63, 3.8) is 0 Å². The normalized spacial score (nSPS) is 28.4. The minimum atomic E-state index is -0.0780. The molecule has 2 fully saturated rings. The predicted molar refractivity (Wildman–Crippen MR) is 83.5 cm³/mol. The van der Waals surface area contributed by atoms with Gasteiger partial charge in [-0.2, -0.15) is 0 Å². The third kappa shape index (κ3) is 3.31. The van der Waals surface area contributed by atoms with Crippen LogP contribution < -0.4 is 0 Å². The second-order valence-corrected chi connectivity index (χ2v) is 7.49. The van der Waals surface area contributed by atoms with Gasteiger partial charge in [0.05, 0.1) is 25.3 Å². The maximum absolute atomic E-state index is 5.47. The van der Waals surface area contributed by atoms with Gasteiger partial charge in [-0.05, 0) is 44.5 Å². The van der Waals surface area contributed by atoms with Crippen LogP contribution in [-0.2, 0) is 16.8 Å². The molecule has 2 atom stereocenters. The molecule has 2 aliphatic rings. The van der Waals surface area contributed by atoms with Crippen molar-refractivity contribution >= 4 is 0 Å². The Morgan fingerprint density at radius 3 is 2.64 bits per heavy atom. The van der Waals surface area contributed by atoms with Gasteiger partial charge < -0.3 is 4.74 Å². The van der Waals surface area contributed by atoms with E-state index in [1.54, 1.807) is 0 Å². The molecule has 1 aromatic heterocycles. The van der Waals surface area contributed by atoms with Crippen molar-refractivity contribution in [2.75, 3.05) is 32.8 Å². The minimum Gasteiger partial charge on any atom is -0.379 e. The maximum Gasteiger partial charge on any atom is 0.165 e. The van der Waals surface area contributed by atoms with Gasteiger partial charge in [-0.3, -0.25) is 9.80 Å². The van der Waals surface area contributed by atoms with Gasteiger partial charge in [0.25, 0.3) is 0 Å². The highest BCUT2D eigenvalue weighted by molar-refractivity contribution is 4.94. The number of nitrogens with zero attached hydrogens (tertiary/aromatic N) is 6. The summed E-state index contributed by atoms with van der Waals surface area (Å²) in [6.45, 7) is 14.5. The summed E-state index contributed by atoms with van der Waals surface area (Å²) in [5.41, 5.74) is -0.0780. The van der Waals surface area contributed by atoms with Crippen LogP contribution in [0.25, 0.3) is 0 Å². The Morgan fingerprint density at radius 1 is 1.23 bits per heavy atom. The van der Waals surface area contributed by atoms with Gasteiger partial charge in [0.2, 0.25) is 0 Å². The summed E-state index contributed by atoms with van der Waals surface area (Å²) in [4.78, 5) is 5.08. The first-order chi connectivity index (χ1) is 10.4. The fourth-order valence-electron chi connectivity index (χ4n) is 3.50. The van der Waals surface area contributed by atoms with E-state index in [4.69, 9.17) is 4.74 Å². The molecule has 2 unspecified atom stereocenters. The summed E-state index contributed by atoms with van der Waals surface area (Å²) in [6, 6.07) is 1.20. The Hall–Kier alpha value is -1.05. The van der Waals surface area contributed by atoms with E-state index in [0.29, 0.717) is 12.1 Å². The molecule has 1 aromatic rings. The second-order valence-electron chi connectivity index (χ2n) is 7.49. The van der Waals surface area contributed by atoms with Gasteiger partial charge in [0.15, 0.2) is 5.82 Å². The molecule has 7 nitrogen and oxygen atoms in total. The Balaban J connectivity index is 1.65. The highest BCUT2D eigenvalue weighted by Gasteiger charge is 2.34. The van der Waals surface area contributed by atoms with Crippen LogP contribution in [0.3, 0.4) is 0 Å². The summed E-state index contributed by atoms with van der Waals surface area (Å²) >= 11 is 0. The number of hydrogen-bond acceptors (Lipinski definition) is 6. The molecule has 0 saturated carbocycles. The third-order valence-corrected chi connectivity index (χ3v) is 4.76. The lowest BCUT2D eigenvalue weighted by atomic mass is 10.1. The van der Waals surface area contributed by atoms with Crippen molar-refractivity contribution in [3.05, 3.63) is 5.82 Å². The SMILES string of the molecule is CC1CC(N2CCOCC2)CN1Cc1nnnn1C(C)(C)C. The smallest absolute Gasteiger partial charge is 0.165 e. The van der Waals surface area contributed by atoms with E-state index >= 15 is 0 Å². The molecular formula is C15H28N6O. The number of likely N-dealkylation sites (tertiary alicyclic amines) is 1. The average Bonchev–Trinajstić information content (AvgIpc) is 3.08. The van der Waals surface area contributed by atoms with E-state index < -0.39 is 0 Å². The van der Waals surface area contributed by atoms with Crippen LogP contribution in [0.4, 0.5) is 0 Å². The van der Waals surface area contributed by atoms with E-state index in [0.717, 1.165) is 45.2 Å². The second kappa shape index (κ2) is 6.22. The van der Waals surface area contributed by atoms with Gasteiger partial charge in [-0.15, -0.1) is 5.10 Å². The van der Waals surface area contributed by atoms with Crippen LogP contribution in [-0.4, -0.2) is 74.9 Å². The van der Waals surface area contributed by atoms with Gasteiger partial charge in [0.1, 0.15) is 0 Å². The lowest BCUT2D eigenvalue weighted by Gasteiger charge is -2.32. The van der Waals surface area contributed by atoms with Crippen molar-refractivity contribution in [1.82, 2.24) is 30.0 Å². The van der Waals surface area contributed by atoms with Gasteiger partial charge in [0, 0.05) is 31.7 Å². The first-order valence-corrected chi connectivity index (χ1v) is 8.29. The molecule has 0 N–H and O–H groups in total. The lowest BCUT2D eigenvalue weighted by Crippen LogP contribution is -2.44. The molecule has 22 heavy (non-hydrogen) atoms. The molecule has 2 aliphatic heterocycles. The quantitative estimate of drug-likeness (QED) is 0.820. The van der Waals surface area contributed by atoms with Crippen molar-refractivity contribution in [1.29, 1.82) is 0 Å². The van der Waals surface area contributed by atoms with E-state index in [-0.39, 0.29) is 5.54 Å². The number of rotatable bonds is 3. The zero-order chi connectivity index (χ0) is 15.7. The molecule has 2 saturated heterocycles. The zero-order valence-electron chi connectivity index (χ0n) is 14.2. The highest BCUT2D eigenvalue weighted by Crippen LogP contribution is 2.25. The average molecular weight is 308 g/mol. The Kier molecular flexibility index (Phi) is 4.47. The summed E-state index contributed by atoms with van der Waals surface area (Å²) in [7, 11) is 0. The van der Waals surface area contributed by atoms with Crippen LogP contribution in [0.5, 0.6) is 0 Å². The molecule has 0 bridgehead atoms. The van der Waals surface area contributed by atoms with Gasteiger partial charge in [-0.1, -0.05) is 0 Å². The minimum absolute atomic E-state index is 0.0780. The number of hydrogen-bond donors (Lipinski definition) is 0. The van der Waals surface area contributed by atoms with Crippen LogP contribution in [0, 0.1) is 0 Å². The van der Waals surface area contributed by atoms with Crippen molar-refractivity contribution in [2.45, 2.75) is 58.3 Å². The molecule has 0 aromatic carbocycles. The Morgan fingerprint density at radius 2 is 1.95 bits per heavy atom. The first kappa shape index (κ1) is 15.8. The molecule has 124 valence electrons. The monoisotopic (exact) mass is 308 g/mol. The van der Waals surface area contributed by atoms with Crippen LogP contribution in [0.1, 0.15) is 39.9 Å². The topological polar surface area (TPSA) is 59.3 Å².